The summed E-state index contributed by atoms with van der Waals surface area (Å²) < 4.78 is 37.0. The fourth-order valence-electron chi connectivity index (χ4n) is 3.70. The molecule has 36 heavy (non-hydrogen) atoms. The molecule has 2 aromatic carbocycles. The third-order valence-corrected chi connectivity index (χ3v) is 6.96. The zero-order valence-electron chi connectivity index (χ0n) is 21.4. The van der Waals surface area contributed by atoms with Gasteiger partial charge in [-0.1, -0.05) is 36.7 Å². The Morgan fingerprint density at radius 2 is 1.69 bits per heavy atom. The fourth-order valence-corrected chi connectivity index (χ4v) is 4.74. The number of benzene rings is 2. The van der Waals surface area contributed by atoms with Gasteiger partial charge in [0.05, 0.1) is 26.2 Å². The van der Waals surface area contributed by atoms with E-state index in [4.69, 9.17) is 21.1 Å². The summed E-state index contributed by atoms with van der Waals surface area (Å²) in [7, 11) is -0.981. The van der Waals surface area contributed by atoms with Gasteiger partial charge in [0, 0.05) is 23.7 Å². The molecule has 0 aromatic heterocycles. The molecule has 2 aromatic rings. The first kappa shape index (κ1) is 29.3. The van der Waals surface area contributed by atoms with E-state index in [1.807, 2.05) is 13.8 Å². The SMILES string of the molecule is CCC(C(=O)NC(C)C)N(Cc1ccccc1Cl)C(=O)CN(c1ccc(OC)c(OC)c1)S(C)(=O)=O. The molecule has 0 spiro atoms. The van der Waals surface area contributed by atoms with E-state index in [2.05, 4.69) is 5.32 Å². The Labute approximate surface area is 218 Å². The van der Waals surface area contributed by atoms with E-state index >= 15 is 0 Å². The van der Waals surface area contributed by atoms with Gasteiger partial charge in [0.15, 0.2) is 11.5 Å². The van der Waals surface area contributed by atoms with Crippen LogP contribution in [0.15, 0.2) is 42.5 Å². The molecule has 2 rings (SSSR count). The quantitative estimate of drug-likeness (QED) is 0.443. The first-order chi connectivity index (χ1) is 16.9. The average Bonchev–Trinajstić information content (AvgIpc) is 2.81. The second-order valence-corrected chi connectivity index (χ2v) is 10.8. The Morgan fingerprint density at radius 1 is 1.06 bits per heavy atom. The lowest BCUT2D eigenvalue weighted by atomic mass is 10.1. The minimum Gasteiger partial charge on any atom is -0.493 e. The summed E-state index contributed by atoms with van der Waals surface area (Å²) in [6.45, 7) is 4.96. The highest BCUT2D eigenvalue weighted by Crippen LogP contribution is 2.32. The Morgan fingerprint density at radius 3 is 2.22 bits per heavy atom. The molecule has 198 valence electrons. The van der Waals surface area contributed by atoms with Crippen molar-refractivity contribution in [3.8, 4) is 11.5 Å². The topological polar surface area (TPSA) is 105 Å². The normalized spacial score (nSPS) is 12.1. The number of halogens is 1. The number of amides is 2. The lowest BCUT2D eigenvalue weighted by Crippen LogP contribution is -2.53. The maximum absolute atomic E-state index is 13.7. The van der Waals surface area contributed by atoms with Crippen molar-refractivity contribution in [2.24, 2.45) is 0 Å². The van der Waals surface area contributed by atoms with Crippen LogP contribution in [0.2, 0.25) is 5.02 Å². The van der Waals surface area contributed by atoms with E-state index in [0.717, 1.165) is 10.6 Å². The molecule has 0 aliphatic rings. The number of methoxy groups -OCH3 is 2. The standard InChI is InChI=1S/C25H34ClN3O6S/c1-7-21(25(31)27-17(2)3)28(15-18-10-8-9-11-20(18)26)24(30)16-29(36(6,32)33)19-12-13-22(34-4)23(14-19)35-5/h8-14,17,21H,7,15-16H2,1-6H3,(H,27,31). The van der Waals surface area contributed by atoms with Crippen molar-refractivity contribution in [1.29, 1.82) is 0 Å². The van der Waals surface area contributed by atoms with E-state index in [1.165, 1.54) is 31.3 Å². The maximum Gasteiger partial charge on any atom is 0.244 e. The lowest BCUT2D eigenvalue weighted by molar-refractivity contribution is -0.140. The molecule has 0 bridgehead atoms. The first-order valence-corrected chi connectivity index (χ1v) is 13.7. The van der Waals surface area contributed by atoms with Gasteiger partial charge < -0.3 is 19.7 Å². The Kier molecular flexibility index (Phi) is 10.4. The second-order valence-electron chi connectivity index (χ2n) is 8.51. The van der Waals surface area contributed by atoms with Crippen LogP contribution in [0.25, 0.3) is 0 Å². The van der Waals surface area contributed by atoms with Crippen LogP contribution in [0.1, 0.15) is 32.8 Å². The van der Waals surface area contributed by atoms with Crippen LogP contribution in [0.4, 0.5) is 5.69 Å². The highest BCUT2D eigenvalue weighted by molar-refractivity contribution is 7.92. The molecular formula is C25H34ClN3O6S. The van der Waals surface area contributed by atoms with E-state index in [0.29, 0.717) is 28.5 Å². The second kappa shape index (κ2) is 12.8. The smallest absolute Gasteiger partial charge is 0.244 e. The molecule has 1 atom stereocenters. The molecular weight excluding hydrogens is 506 g/mol. The Balaban J connectivity index is 2.50. The van der Waals surface area contributed by atoms with Gasteiger partial charge in [-0.05, 0) is 44.0 Å². The van der Waals surface area contributed by atoms with Crippen LogP contribution in [0.3, 0.4) is 0 Å². The van der Waals surface area contributed by atoms with Gasteiger partial charge >= 0.3 is 0 Å². The van der Waals surface area contributed by atoms with E-state index in [-0.39, 0.29) is 24.2 Å². The first-order valence-electron chi connectivity index (χ1n) is 11.5. The van der Waals surface area contributed by atoms with E-state index in [9.17, 15) is 18.0 Å². The summed E-state index contributed by atoms with van der Waals surface area (Å²) in [5, 5.41) is 3.28. The van der Waals surface area contributed by atoms with Crippen molar-refractivity contribution in [3.63, 3.8) is 0 Å². The van der Waals surface area contributed by atoms with Crippen LogP contribution in [0, 0.1) is 0 Å². The van der Waals surface area contributed by atoms with Crippen molar-refractivity contribution in [2.45, 2.75) is 45.8 Å². The van der Waals surface area contributed by atoms with Crippen molar-refractivity contribution in [1.82, 2.24) is 10.2 Å². The van der Waals surface area contributed by atoms with Crippen molar-refractivity contribution in [2.75, 3.05) is 31.3 Å². The van der Waals surface area contributed by atoms with Gasteiger partial charge in [0.25, 0.3) is 0 Å². The number of rotatable bonds is 12. The minimum absolute atomic E-state index is 0.0338. The molecule has 0 heterocycles. The minimum atomic E-state index is -3.88. The van der Waals surface area contributed by atoms with Gasteiger partial charge in [-0.3, -0.25) is 13.9 Å². The molecule has 0 fully saturated rings. The molecule has 1 unspecified atom stereocenters. The maximum atomic E-state index is 13.7. The number of hydrogen-bond acceptors (Lipinski definition) is 6. The zero-order chi connectivity index (χ0) is 27.0. The van der Waals surface area contributed by atoms with Crippen LogP contribution < -0.4 is 19.1 Å². The van der Waals surface area contributed by atoms with Gasteiger partial charge in [-0.2, -0.15) is 0 Å². The number of ether oxygens (including phenoxy) is 2. The van der Waals surface area contributed by atoms with E-state index in [1.54, 1.807) is 37.3 Å². The predicted octanol–water partition coefficient (Wildman–Crippen LogP) is 3.46. The fraction of sp³-hybridized carbons (Fsp3) is 0.440. The molecule has 0 aliphatic carbocycles. The van der Waals surface area contributed by atoms with Crippen LogP contribution in [-0.4, -0.2) is 64.2 Å². The summed E-state index contributed by atoms with van der Waals surface area (Å²) in [6, 6.07) is 10.6. The predicted molar refractivity (Wildman–Crippen MR) is 141 cm³/mol. The highest BCUT2D eigenvalue weighted by Gasteiger charge is 2.32. The molecule has 9 nitrogen and oxygen atoms in total. The van der Waals surface area contributed by atoms with Crippen molar-refractivity contribution in [3.05, 3.63) is 53.1 Å². The lowest BCUT2D eigenvalue weighted by Gasteiger charge is -2.33. The van der Waals surface area contributed by atoms with Gasteiger partial charge in [-0.25, -0.2) is 8.42 Å². The number of hydrogen-bond donors (Lipinski definition) is 1. The largest absolute Gasteiger partial charge is 0.493 e. The van der Waals surface area contributed by atoms with Crippen molar-refractivity contribution < 1.29 is 27.5 Å². The summed E-state index contributed by atoms with van der Waals surface area (Å²) in [5.74, 6) is -0.157. The number of carbonyl (C=O) groups excluding carboxylic acids is 2. The van der Waals surface area contributed by atoms with Crippen LogP contribution in [-0.2, 0) is 26.2 Å². The van der Waals surface area contributed by atoms with Crippen molar-refractivity contribution >= 4 is 39.1 Å². The Hall–Kier alpha value is -2.98. The molecule has 2 amide bonds. The average molecular weight is 540 g/mol. The molecule has 0 saturated carbocycles. The zero-order valence-corrected chi connectivity index (χ0v) is 23.0. The monoisotopic (exact) mass is 539 g/mol. The number of nitrogens with zero attached hydrogens (tertiary/aromatic N) is 2. The number of carbonyl (C=O) groups is 2. The number of anilines is 1. The third-order valence-electron chi connectivity index (χ3n) is 5.45. The van der Waals surface area contributed by atoms with Gasteiger partial charge in [0.2, 0.25) is 21.8 Å². The summed E-state index contributed by atoms with van der Waals surface area (Å²) in [4.78, 5) is 28.1. The molecule has 0 saturated heterocycles. The van der Waals surface area contributed by atoms with E-state index < -0.39 is 28.5 Å². The van der Waals surface area contributed by atoms with Gasteiger partial charge in [0.1, 0.15) is 12.6 Å². The molecule has 11 heteroatoms. The number of nitrogens with one attached hydrogen (secondary N) is 1. The van der Waals surface area contributed by atoms with Crippen LogP contribution >= 0.6 is 11.6 Å². The summed E-state index contributed by atoms with van der Waals surface area (Å²) >= 11 is 6.35. The molecule has 0 radical (unpaired) electrons. The molecule has 0 aliphatic heterocycles. The molecule has 1 N–H and O–H groups in total. The Bertz CT molecular complexity index is 1170. The van der Waals surface area contributed by atoms with Crippen LogP contribution in [0.5, 0.6) is 11.5 Å². The number of sulfonamides is 1. The van der Waals surface area contributed by atoms with Gasteiger partial charge in [-0.15, -0.1) is 0 Å². The highest BCUT2D eigenvalue weighted by atomic mass is 35.5. The summed E-state index contributed by atoms with van der Waals surface area (Å²) in [5.41, 5.74) is 0.862. The third kappa shape index (κ3) is 7.51. The summed E-state index contributed by atoms with van der Waals surface area (Å²) in [6.07, 6.45) is 1.34.